The average Bonchev–Trinajstić information content (AvgIpc) is 2.47. The highest BCUT2D eigenvalue weighted by molar-refractivity contribution is 5.36. The van der Waals surface area contributed by atoms with E-state index in [4.69, 9.17) is 9.47 Å². The fraction of sp³-hybridized carbons (Fsp3) is 0.533. The smallest absolute Gasteiger partial charge is 0.234 e. The molecule has 19 heavy (non-hydrogen) atoms. The van der Waals surface area contributed by atoms with Crippen LogP contribution in [0.25, 0.3) is 0 Å². The van der Waals surface area contributed by atoms with E-state index in [1.165, 1.54) is 5.56 Å². The molecule has 1 heterocycles. The van der Waals surface area contributed by atoms with Crippen LogP contribution < -0.4 is 4.74 Å². The van der Waals surface area contributed by atoms with Gasteiger partial charge in [0.05, 0.1) is 13.2 Å². The molecule has 2 rings (SSSR count). The predicted molar refractivity (Wildman–Crippen MR) is 72.3 cm³/mol. The van der Waals surface area contributed by atoms with E-state index in [9.17, 15) is 4.79 Å². The molecule has 0 atom stereocenters. The van der Waals surface area contributed by atoms with Gasteiger partial charge in [-0.1, -0.05) is 12.1 Å². The van der Waals surface area contributed by atoms with Crippen LogP contribution in [-0.2, 0) is 14.9 Å². The molecule has 0 aliphatic carbocycles. The van der Waals surface area contributed by atoms with Crippen LogP contribution in [0.1, 0.15) is 25.3 Å². The Morgan fingerprint density at radius 1 is 1.32 bits per heavy atom. The zero-order valence-electron chi connectivity index (χ0n) is 11.2. The zero-order valence-corrected chi connectivity index (χ0v) is 11.2. The van der Waals surface area contributed by atoms with Gasteiger partial charge in [-0.15, -0.1) is 0 Å². The van der Waals surface area contributed by atoms with Gasteiger partial charge in [0.15, 0.2) is 0 Å². The van der Waals surface area contributed by atoms with E-state index in [1.807, 2.05) is 19.1 Å². The topological polar surface area (TPSA) is 47.9 Å². The lowest BCUT2D eigenvalue weighted by atomic mass is 9.74. The molecule has 1 fully saturated rings. The van der Waals surface area contributed by atoms with E-state index in [-0.39, 0.29) is 5.41 Å². The molecule has 1 aliphatic rings. The van der Waals surface area contributed by atoms with Crippen LogP contribution in [-0.4, -0.2) is 32.4 Å². The number of aliphatic imine (C=N–C) groups is 1. The van der Waals surface area contributed by atoms with Crippen molar-refractivity contribution in [3.8, 4) is 5.75 Å². The second-order valence-corrected chi connectivity index (χ2v) is 4.76. The summed E-state index contributed by atoms with van der Waals surface area (Å²) >= 11 is 0. The normalized spacial score (nSPS) is 17.5. The van der Waals surface area contributed by atoms with Crippen molar-refractivity contribution in [2.75, 3.05) is 26.4 Å². The van der Waals surface area contributed by atoms with Gasteiger partial charge in [-0.05, 0) is 37.5 Å². The van der Waals surface area contributed by atoms with Crippen LogP contribution in [0.5, 0.6) is 5.75 Å². The van der Waals surface area contributed by atoms with E-state index in [1.54, 1.807) is 6.08 Å². The molecular weight excluding hydrogens is 242 g/mol. The lowest BCUT2D eigenvalue weighted by Gasteiger charge is -2.36. The second kappa shape index (κ2) is 6.50. The molecule has 4 heteroatoms. The zero-order chi connectivity index (χ0) is 13.6. The van der Waals surface area contributed by atoms with Crippen molar-refractivity contribution >= 4 is 6.08 Å². The first-order chi connectivity index (χ1) is 9.30. The lowest BCUT2D eigenvalue weighted by Crippen LogP contribution is -2.36. The summed E-state index contributed by atoms with van der Waals surface area (Å²) in [5, 5.41) is 0. The number of hydrogen-bond donors (Lipinski definition) is 0. The summed E-state index contributed by atoms with van der Waals surface area (Å²) in [4.78, 5) is 14.2. The predicted octanol–water partition coefficient (Wildman–Crippen LogP) is 2.47. The highest BCUT2D eigenvalue weighted by Gasteiger charge is 2.34. The van der Waals surface area contributed by atoms with Crippen molar-refractivity contribution in [3.63, 3.8) is 0 Å². The number of ether oxygens (including phenoxy) is 2. The largest absolute Gasteiger partial charge is 0.494 e. The van der Waals surface area contributed by atoms with Gasteiger partial charge in [0.1, 0.15) is 5.75 Å². The SMILES string of the molecule is CCOc1ccc(C2(CN=C=O)CCOCC2)cc1. The van der Waals surface area contributed by atoms with Gasteiger partial charge in [-0.3, -0.25) is 0 Å². The van der Waals surface area contributed by atoms with Crippen LogP contribution in [0.2, 0.25) is 0 Å². The fourth-order valence-corrected chi connectivity index (χ4v) is 2.56. The molecule has 1 aromatic carbocycles. The van der Waals surface area contributed by atoms with E-state index >= 15 is 0 Å². The molecule has 0 saturated carbocycles. The Bertz CT molecular complexity index is 443. The molecule has 4 nitrogen and oxygen atoms in total. The van der Waals surface area contributed by atoms with Crippen molar-refractivity contribution < 1.29 is 14.3 Å². The van der Waals surface area contributed by atoms with E-state index in [0.29, 0.717) is 26.4 Å². The summed E-state index contributed by atoms with van der Waals surface area (Å²) in [5.74, 6) is 0.868. The second-order valence-electron chi connectivity index (χ2n) is 4.76. The molecule has 0 bridgehead atoms. The first kappa shape index (κ1) is 13.8. The Morgan fingerprint density at radius 3 is 2.58 bits per heavy atom. The summed E-state index contributed by atoms with van der Waals surface area (Å²) in [7, 11) is 0. The van der Waals surface area contributed by atoms with E-state index < -0.39 is 0 Å². The minimum absolute atomic E-state index is 0.0968. The van der Waals surface area contributed by atoms with Gasteiger partial charge in [-0.2, -0.15) is 0 Å². The molecule has 0 N–H and O–H groups in total. The van der Waals surface area contributed by atoms with Crippen LogP contribution >= 0.6 is 0 Å². The van der Waals surface area contributed by atoms with E-state index in [0.717, 1.165) is 18.6 Å². The number of carbonyl (C=O) groups excluding carboxylic acids is 1. The van der Waals surface area contributed by atoms with Crippen molar-refractivity contribution in [2.45, 2.75) is 25.2 Å². The first-order valence-electron chi connectivity index (χ1n) is 6.65. The maximum Gasteiger partial charge on any atom is 0.234 e. The van der Waals surface area contributed by atoms with Gasteiger partial charge in [-0.25, -0.2) is 9.79 Å². The standard InChI is InChI=1S/C15H19NO3/c1-2-19-14-5-3-13(4-6-14)15(11-16-12-17)7-9-18-10-8-15/h3-6H,2,7-11H2,1H3. The lowest BCUT2D eigenvalue weighted by molar-refractivity contribution is 0.0531. The number of benzene rings is 1. The maximum atomic E-state index is 10.4. The molecular formula is C15H19NO3. The summed E-state index contributed by atoms with van der Waals surface area (Å²) < 4.78 is 10.9. The molecule has 0 radical (unpaired) electrons. The number of rotatable bonds is 5. The summed E-state index contributed by atoms with van der Waals surface area (Å²) in [6.45, 7) is 4.53. The van der Waals surface area contributed by atoms with E-state index in [2.05, 4.69) is 17.1 Å². The van der Waals surface area contributed by atoms with Crippen molar-refractivity contribution in [1.82, 2.24) is 0 Å². The first-order valence-corrected chi connectivity index (χ1v) is 6.65. The Labute approximate surface area is 113 Å². The Balaban J connectivity index is 2.23. The minimum Gasteiger partial charge on any atom is -0.494 e. The highest BCUT2D eigenvalue weighted by atomic mass is 16.5. The van der Waals surface area contributed by atoms with Gasteiger partial charge < -0.3 is 9.47 Å². The molecule has 0 unspecified atom stereocenters. The third kappa shape index (κ3) is 3.22. The van der Waals surface area contributed by atoms with Crippen molar-refractivity contribution in [2.24, 2.45) is 4.99 Å². The van der Waals surface area contributed by atoms with Crippen LogP contribution in [0.4, 0.5) is 0 Å². The van der Waals surface area contributed by atoms with Gasteiger partial charge in [0.25, 0.3) is 0 Å². The average molecular weight is 261 g/mol. The third-order valence-corrected chi connectivity index (χ3v) is 3.67. The van der Waals surface area contributed by atoms with Crippen LogP contribution in [0, 0.1) is 0 Å². The van der Waals surface area contributed by atoms with Gasteiger partial charge in [0, 0.05) is 18.6 Å². The number of isocyanates is 1. The minimum atomic E-state index is -0.0968. The molecule has 0 spiro atoms. The van der Waals surface area contributed by atoms with Crippen molar-refractivity contribution in [1.29, 1.82) is 0 Å². The Morgan fingerprint density at radius 2 is 2.00 bits per heavy atom. The molecule has 1 aromatic rings. The summed E-state index contributed by atoms with van der Waals surface area (Å²) in [6, 6.07) is 8.08. The Hall–Kier alpha value is -1.64. The number of nitrogens with zero attached hydrogens (tertiary/aromatic N) is 1. The summed E-state index contributed by atoms with van der Waals surface area (Å²) in [6.07, 6.45) is 3.41. The van der Waals surface area contributed by atoms with Gasteiger partial charge >= 0.3 is 0 Å². The van der Waals surface area contributed by atoms with Gasteiger partial charge in [0.2, 0.25) is 6.08 Å². The number of hydrogen-bond acceptors (Lipinski definition) is 4. The van der Waals surface area contributed by atoms with Crippen LogP contribution in [0.3, 0.4) is 0 Å². The molecule has 102 valence electrons. The Kier molecular flexibility index (Phi) is 4.72. The van der Waals surface area contributed by atoms with Crippen molar-refractivity contribution in [3.05, 3.63) is 29.8 Å². The molecule has 0 amide bonds. The molecule has 1 aliphatic heterocycles. The molecule has 1 saturated heterocycles. The quantitative estimate of drug-likeness (QED) is 0.604. The fourth-order valence-electron chi connectivity index (χ4n) is 2.56. The monoisotopic (exact) mass is 261 g/mol. The highest BCUT2D eigenvalue weighted by Crippen LogP contribution is 2.35. The molecule has 0 aromatic heterocycles. The maximum absolute atomic E-state index is 10.4. The third-order valence-electron chi connectivity index (χ3n) is 3.67. The summed E-state index contributed by atoms with van der Waals surface area (Å²) in [5.41, 5.74) is 1.10. The van der Waals surface area contributed by atoms with Crippen LogP contribution in [0.15, 0.2) is 29.3 Å².